The number of hydrogen-bond acceptors (Lipinski definition) is 3. The lowest BCUT2D eigenvalue weighted by atomic mass is 9.98. The van der Waals surface area contributed by atoms with Crippen molar-refractivity contribution in [3.8, 4) is 5.75 Å². The Hall–Kier alpha value is -1.76. The van der Waals surface area contributed by atoms with Crippen LogP contribution in [-0.4, -0.2) is 24.6 Å². The second-order valence-corrected chi connectivity index (χ2v) is 5.46. The summed E-state index contributed by atoms with van der Waals surface area (Å²) in [5.41, 5.74) is 4.31. The number of halogens is 3. The van der Waals surface area contributed by atoms with E-state index in [2.05, 4.69) is 5.32 Å². The minimum atomic E-state index is -4.47. The van der Waals surface area contributed by atoms with Gasteiger partial charge in [0.15, 0.2) is 0 Å². The molecule has 22 heavy (non-hydrogen) atoms. The molecule has 0 atom stereocenters. The van der Waals surface area contributed by atoms with E-state index >= 15 is 0 Å². The summed E-state index contributed by atoms with van der Waals surface area (Å²) in [7, 11) is 0. The highest BCUT2D eigenvalue weighted by atomic mass is 19.4. The normalized spacial score (nSPS) is 17.3. The molecule has 0 bridgehead atoms. The Morgan fingerprint density at radius 2 is 1.91 bits per heavy atom. The largest absolute Gasteiger partial charge is 0.491 e. The predicted octanol–water partition coefficient (Wildman–Crippen LogP) is 2.47. The average molecular weight is 316 g/mol. The molecule has 122 valence electrons. The number of nitrogens with one attached hydrogen (secondary N) is 1. The van der Waals surface area contributed by atoms with Crippen LogP contribution in [-0.2, 0) is 11.0 Å². The third kappa shape index (κ3) is 3.91. The van der Waals surface area contributed by atoms with E-state index in [4.69, 9.17) is 10.5 Å². The van der Waals surface area contributed by atoms with Gasteiger partial charge in [0.2, 0.25) is 5.91 Å². The topological polar surface area (TPSA) is 64.4 Å². The summed E-state index contributed by atoms with van der Waals surface area (Å²) in [5, 5.41) is 2.62. The van der Waals surface area contributed by atoms with Crippen molar-refractivity contribution in [2.75, 3.05) is 13.2 Å². The quantitative estimate of drug-likeness (QED) is 0.820. The van der Waals surface area contributed by atoms with Crippen LogP contribution in [0.4, 0.5) is 13.2 Å². The summed E-state index contributed by atoms with van der Waals surface area (Å²) in [5.74, 6) is -0.509. The number of ether oxygens (including phenoxy) is 1. The SMILES string of the molecule is NC1(C(=O)NCCOc2ccccc2C(F)(F)F)CCCC1. The average Bonchev–Trinajstić information content (AvgIpc) is 2.91. The van der Waals surface area contributed by atoms with Crippen molar-refractivity contribution in [3.05, 3.63) is 29.8 Å². The molecular formula is C15H19F3N2O2. The van der Waals surface area contributed by atoms with E-state index in [-0.39, 0.29) is 24.8 Å². The van der Waals surface area contributed by atoms with Crippen LogP contribution in [0.15, 0.2) is 24.3 Å². The highest BCUT2D eigenvalue weighted by Crippen LogP contribution is 2.35. The second kappa shape index (κ2) is 6.56. The predicted molar refractivity (Wildman–Crippen MR) is 75.3 cm³/mol. The van der Waals surface area contributed by atoms with Gasteiger partial charge in [-0.15, -0.1) is 0 Å². The molecular weight excluding hydrogens is 297 g/mol. The Bertz CT molecular complexity index is 526. The zero-order valence-corrected chi connectivity index (χ0v) is 12.1. The smallest absolute Gasteiger partial charge is 0.419 e. The van der Waals surface area contributed by atoms with Gasteiger partial charge in [0.25, 0.3) is 0 Å². The van der Waals surface area contributed by atoms with E-state index in [0.29, 0.717) is 12.8 Å². The van der Waals surface area contributed by atoms with E-state index in [9.17, 15) is 18.0 Å². The lowest BCUT2D eigenvalue weighted by molar-refractivity contribution is -0.139. The van der Waals surface area contributed by atoms with E-state index in [0.717, 1.165) is 18.9 Å². The minimum Gasteiger partial charge on any atom is -0.491 e. The van der Waals surface area contributed by atoms with Crippen LogP contribution in [0.5, 0.6) is 5.75 Å². The maximum absolute atomic E-state index is 12.8. The highest BCUT2D eigenvalue weighted by Gasteiger charge is 2.37. The fourth-order valence-electron chi connectivity index (χ4n) is 2.56. The number of para-hydroxylation sites is 1. The Morgan fingerprint density at radius 3 is 2.55 bits per heavy atom. The number of benzene rings is 1. The van der Waals surface area contributed by atoms with Crippen LogP contribution in [0.1, 0.15) is 31.2 Å². The van der Waals surface area contributed by atoms with E-state index < -0.39 is 17.3 Å². The molecule has 2 rings (SSSR count). The fourth-order valence-corrected chi connectivity index (χ4v) is 2.56. The van der Waals surface area contributed by atoms with Crippen LogP contribution in [0.25, 0.3) is 0 Å². The van der Waals surface area contributed by atoms with Crippen molar-refractivity contribution in [2.24, 2.45) is 5.73 Å². The maximum Gasteiger partial charge on any atom is 0.419 e. The molecule has 3 N–H and O–H groups in total. The van der Waals surface area contributed by atoms with Crippen molar-refractivity contribution < 1.29 is 22.7 Å². The molecule has 0 spiro atoms. The van der Waals surface area contributed by atoms with Crippen molar-refractivity contribution in [1.82, 2.24) is 5.32 Å². The molecule has 0 radical (unpaired) electrons. The van der Waals surface area contributed by atoms with Crippen LogP contribution >= 0.6 is 0 Å². The van der Waals surface area contributed by atoms with Crippen molar-refractivity contribution in [1.29, 1.82) is 0 Å². The Labute approximate surface area is 126 Å². The second-order valence-electron chi connectivity index (χ2n) is 5.46. The van der Waals surface area contributed by atoms with Gasteiger partial charge in [0.1, 0.15) is 12.4 Å². The molecule has 0 saturated heterocycles. The van der Waals surface area contributed by atoms with Gasteiger partial charge in [-0.05, 0) is 25.0 Å². The summed E-state index contributed by atoms with van der Waals surface area (Å²) in [6, 6.07) is 4.99. The number of alkyl halides is 3. The Kier molecular flexibility index (Phi) is 4.95. The molecule has 1 amide bonds. The number of rotatable bonds is 5. The van der Waals surface area contributed by atoms with Gasteiger partial charge in [-0.2, -0.15) is 13.2 Å². The van der Waals surface area contributed by atoms with Gasteiger partial charge in [-0.1, -0.05) is 25.0 Å². The van der Waals surface area contributed by atoms with Crippen molar-refractivity contribution in [3.63, 3.8) is 0 Å². The molecule has 1 aliphatic carbocycles. The minimum absolute atomic E-state index is 0.0467. The molecule has 1 saturated carbocycles. The van der Waals surface area contributed by atoms with Crippen LogP contribution in [0.2, 0.25) is 0 Å². The Morgan fingerprint density at radius 1 is 1.27 bits per heavy atom. The monoisotopic (exact) mass is 316 g/mol. The third-order valence-electron chi connectivity index (χ3n) is 3.79. The third-order valence-corrected chi connectivity index (χ3v) is 3.79. The molecule has 1 aliphatic rings. The number of nitrogens with two attached hydrogens (primary N) is 1. The summed E-state index contributed by atoms with van der Waals surface area (Å²) in [6.07, 6.45) is -1.36. The lowest BCUT2D eigenvalue weighted by Gasteiger charge is -2.22. The molecule has 1 aromatic carbocycles. The maximum atomic E-state index is 12.8. The van der Waals surface area contributed by atoms with Crippen molar-refractivity contribution >= 4 is 5.91 Å². The van der Waals surface area contributed by atoms with Gasteiger partial charge in [0, 0.05) is 0 Å². The summed E-state index contributed by atoms with van der Waals surface area (Å²) >= 11 is 0. The molecule has 0 heterocycles. The number of amides is 1. The number of carbonyl (C=O) groups is 1. The van der Waals surface area contributed by atoms with Gasteiger partial charge < -0.3 is 15.8 Å². The zero-order chi connectivity index (χ0) is 16.2. The zero-order valence-electron chi connectivity index (χ0n) is 12.1. The first-order valence-electron chi connectivity index (χ1n) is 7.19. The van der Waals surface area contributed by atoms with Gasteiger partial charge >= 0.3 is 6.18 Å². The first-order valence-corrected chi connectivity index (χ1v) is 7.19. The van der Waals surface area contributed by atoms with Gasteiger partial charge in [-0.25, -0.2) is 0 Å². The number of hydrogen-bond donors (Lipinski definition) is 2. The molecule has 0 aliphatic heterocycles. The van der Waals surface area contributed by atoms with Crippen LogP contribution < -0.4 is 15.8 Å². The van der Waals surface area contributed by atoms with Gasteiger partial charge in [-0.3, -0.25) is 4.79 Å². The standard InChI is InChI=1S/C15H19F3N2O2/c16-15(17,18)11-5-1-2-6-12(11)22-10-9-20-13(21)14(19)7-3-4-8-14/h1-2,5-6H,3-4,7-10,19H2,(H,20,21). The number of carbonyl (C=O) groups excluding carboxylic acids is 1. The highest BCUT2D eigenvalue weighted by molar-refractivity contribution is 5.86. The molecule has 1 aromatic rings. The van der Waals surface area contributed by atoms with Gasteiger partial charge in [0.05, 0.1) is 17.6 Å². The summed E-state index contributed by atoms with van der Waals surface area (Å²) < 4.78 is 43.5. The lowest BCUT2D eigenvalue weighted by Crippen LogP contribution is -2.52. The fraction of sp³-hybridized carbons (Fsp3) is 0.533. The first-order chi connectivity index (χ1) is 10.3. The summed E-state index contributed by atoms with van der Waals surface area (Å²) in [4.78, 5) is 11.9. The van der Waals surface area contributed by atoms with Crippen LogP contribution in [0, 0.1) is 0 Å². The molecule has 0 unspecified atom stereocenters. The van der Waals surface area contributed by atoms with Crippen LogP contribution in [0.3, 0.4) is 0 Å². The van der Waals surface area contributed by atoms with E-state index in [1.165, 1.54) is 18.2 Å². The van der Waals surface area contributed by atoms with Crippen molar-refractivity contribution in [2.45, 2.75) is 37.4 Å². The Balaban J connectivity index is 1.83. The van der Waals surface area contributed by atoms with E-state index in [1.54, 1.807) is 0 Å². The summed E-state index contributed by atoms with van der Waals surface area (Å²) in [6.45, 7) is 0.0683. The first kappa shape index (κ1) is 16.6. The van der Waals surface area contributed by atoms with E-state index in [1.807, 2.05) is 0 Å². The molecule has 4 nitrogen and oxygen atoms in total. The molecule has 1 fully saturated rings. The molecule has 0 aromatic heterocycles. The molecule has 7 heteroatoms.